The fourth-order valence-electron chi connectivity index (χ4n) is 1.20. The van der Waals surface area contributed by atoms with Crippen LogP contribution in [0.5, 0.6) is 0 Å². The van der Waals surface area contributed by atoms with Gasteiger partial charge < -0.3 is 5.11 Å². The summed E-state index contributed by atoms with van der Waals surface area (Å²) in [6.07, 6.45) is 4.51. The van der Waals surface area contributed by atoms with Gasteiger partial charge in [-0.2, -0.15) is 5.10 Å². The van der Waals surface area contributed by atoms with Gasteiger partial charge >= 0.3 is 5.97 Å². The van der Waals surface area contributed by atoms with Gasteiger partial charge in [0.05, 0.1) is 11.3 Å². The van der Waals surface area contributed by atoms with Crippen LogP contribution in [0.1, 0.15) is 10.4 Å². The summed E-state index contributed by atoms with van der Waals surface area (Å²) in [4.78, 5) is 14.7. The van der Waals surface area contributed by atoms with Crippen molar-refractivity contribution >= 4 is 5.97 Å². The number of aromatic carboxylic acids is 1. The first-order valence-corrected chi connectivity index (χ1v) is 3.96. The summed E-state index contributed by atoms with van der Waals surface area (Å²) >= 11 is 0. The monoisotopic (exact) mass is 189 g/mol. The van der Waals surface area contributed by atoms with E-state index in [0.29, 0.717) is 11.3 Å². The van der Waals surface area contributed by atoms with E-state index in [1.165, 1.54) is 18.5 Å². The van der Waals surface area contributed by atoms with Gasteiger partial charge in [-0.15, -0.1) is 0 Å². The molecule has 2 aromatic rings. The summed E-state index contributed by atoms with van der Waals surface area (Å²) in [5.74, 6) is -0.975. The highest BCUT2D eigenvalue weighted by Gasteiger charge is 2.11. The Kier molecular flexibility index (Phi) is 1.98. The fraction of sp³-hybridized carbons (Fsp3) is 0. The highest BCUT2D eigenvalue weighted by atomic mass is 16.4. The molecule has 0 saturated carbocycles. The molecule has 0 radical (unpaired) electrons. The van der Waals surface area contributed by atoms with E-state index in [-0.39, 0.29) is 5.56 Å². The Bertz CT molecular complexity index is 451. The molecule has 2 rings (SSSR count). The predicted molar refractivity (Wildman–Crippen MR) is 48.8 cm³/mol. The number of rotatable bonds is 2. The Morgan fingerprint density at radius 3 is 2.86 bits per heavy atom. The molecule has 2 heterocycles. The van der Waals surface area contributed by atoms with Crippen molar-refractivity contribution < 1.29 is 9.90 Å². The smallest absolute Gasteiger partial charge is 0.336 e. The Labute approximate surface area is 79.4 Å². The molecule has 0 aliphatic rings. The van der Waals surface area contributed by atoms with Gasteiger partial charge in [-0.05, 0) is 12.1 Å². The standard InChI is InChI=1S/C9H7N3O2/c13-9(14)6-1-3-10-5-7(6)8-2-4-11-12-8/h1-5H,(H,11,12)(H,13,14). The normalized spacial score (nSPS) is 10.0. The summed E-state index contributed by atoms with van der Waals surface area (Å²) in [5.41, 5.74) is 1.40. The molecule has 5 heteroatoms. The van der Waals surface area contributed by atoms with Crippen molar-refractivity contribution in [3.8, 4) is 11.3 Å². The molecule has 2 N–H and O–H groups in total. The number of nitrogens with zero attached hydrogens (tertiary/aromatic N) is 2. The zero-order chi connectivity index (χ0) is 9.97. The van der Waals surface area contributed by atoms with Crippen LogP contribution < -0.4 is 0 Å². The Balaban J connectivity index is 2.58. The van der Waals surface area contributed by atoms with Crippen LogP contribution in [0.3, 0.4) is 0 Å². The summed E-state index contributed by atoms with van der Waals surface area (Å²) in [6, 6.07) is 3.15. The first kappa shape index (κ1) is 8.43. The maximum Gasteiger partial charge on any atom is 0.336 e. The SMILES string of the molecule is O=C(O)c1ccncc1-c1ccn[nH]1. The van der Waals surface area contributed by atoms with E-state index < -0.39 is 5.97 Å². The van der Waals surface area contributed by atoms with Crippen LogP contribution in [0.25, 0.3) is 11.3 Å². The third kappa shape index (κ3) is 1.35. The lowest BCUT2D eigenvalue weighted by molar-refractivity contribution is 0.0697. The molecule has 0 aliphatic heterocycles. The predicted octanol–water partition coefficient (Wildman–Crippen LogP) is 1.17. The Morgan fingerprint density at radius 1 is 1.36 bits per heavy atom. The summed E-state index contributed by atoms with van der Waals surface area (Å²) in [7, 11) is 0. The highest BCUT2D eigenvalue weighted by Crippen LogP contribution is 2.19. The van der Waals surface area contributed by atoms with Crippen molar-refractivity contribution in [2.45, 2.75) is 0 Å². The lowest BCUT2D eigenvalue weighted by Crippen LogP contribution is -1.99. The summed E-state index contributed by atoms with van der Waals surface area (Å²) < 4.78 is 0. The minimum absolute atomic E-state index is 0.212. The third-order valence-corrected chi connectivity index (χ3v) is 1.84. The number of hydrogen-bond donors (Lipinski definition) is 2. The van der Waals surface area contributed by atoms with Crippen LogP contribution in [0.2, 0.25) is 0 Å². The molecular formula is C9H7N3O2. The molecule has 0 unspecified atom stereocenters. The maximum atomic E-state index is 10.9. The number of pyridine rings is 1. The van der Waals surface area contributed by atoms with Gasteiger partial charge in [-0.3, -0.25) is 10.1 Å². The van der Waals surface area contributed by atoms with E-state index in [9.17, 15) is 4.79 Å². The van der Waals surface area contributed by atoms with Crippen molar-refractivity contribution in [2.24, 2.45) is 0 Å². The van der Waals surface area contributed by atoms with Gasteiger partial charge in [0.15, 0.2) is 0 Å². The molecule has 2 aromatic heterocycles. The van der Waals surface area contributed by atoms with Gasteiger partial charge in [0.2, 0.25) is 0 Å². The average Bonchev–Trinajstić information content (AvgIpc) is 2.70. The number of carboxylic acids is 1. The van der Waals surface area contributed by atoms with Gasteiger partial charge in [0.1, 0.15) is 0 Å². The minimum atomic E-state index is -0.975. The minimum Gasteiger partial charge on any atom is -0.478 e. The van der Waals surface area contributed by atoms with Crippen molar-refractivity contribution in [2.75, 3.05) is 0 Å². The molecule has 0 bridgehead atoms. The summed E-state index contributed by atoms with van der Waals surface area (Å²) in [6.45, 7) is 0. The van der Waals surface area contributed by atoms with Crippen molar-refractivity contribution in [3.63, 3.8) is 0 Å². The van der Waals surface area contributed by atoms with E-state index in [1.54, 1.807) is 12.3 Å². The molecule has 0 spiro atoms. The zero-order valence-electron chi connectivity index (χ0n) is 7.14. The first-order valence-electron chi connectivity index (χ1n) is 3.96. The lowest BCUT2D eigenvalue weighted by atomic mass is 10.1. The third-order valence-electron chi connectivity index (χ3n) is 1.84. The van der Waals surface area contributed by atoms with E-state index in [0.717, 1.165) is 0 Å². The van der Waals surface area contributed by atoms with E-state index >= 15 is 0 Å². The molecule has 0 amide bonds. The Hall–Kier alpha value is -2.17. The van der Waals surface area contributed by atoms with Gasteiger partial charge in [-0.1, -0.05) is 0 Å². The van der Waals surface area contributed by atoms with Crippen molar-refractivity contribution in [1.29, 1.82) is 0 Å². The van der Waals surface area contributed by atoms with Crippen LogP contribution in [0.4, 0.5) is 0 Å². The molecular weight excluding hydrogens is 182 g/mol. The Morgan fingerprint density at radius 2 is 2.21 bits per heavy atom. The molecule has 14 heavy (non-hydrogen) atoms. The number of aromatic nitrogens is 3. The second-order valence-corrected chi connectivity index (χ2v) is 2.70. The lowest BCUT2D eigenvalue weighted by Gasteiger charge is -2.01. The van der Waals surface area contributed by atoms with Gasteiger partial charge in [-0.25, -0.2) is 4.79 Å². The molecule has 0 aromatic carbocycles. The second-order valence-electron chi connectivity index (χ2n) is 2.70. The first-order chi connectivity index (χ1) is 6.79. The number of aromatic amines is 1. The molecule has 0 fully saturated rings. The second kappa shape index (κ2) is 3.29. The van der Waals surface area contributed by atoms with E-state index in [2.05, 4.69) is 15.2 Å². The van der Waals surface area contributed by atoms with Crippen LogP contribution in [-0.2, 0) is 0 Å². The zero-order valence-corrected chi connectivity index (χ0v) is 7.14. The fourth-order valence-corrected chi connectivity index (χ4v) is 1.20. The number of hydrogen-bond acceptors (Lipinski definition) is 3. The summed E-state index contributed by atoms with van der Waals surface area (Å²) in [5, 5.41) is 15.4. The van der Waals surface area contributed by atoms with Crippen LogP contribution in [0, 0.1) is 0 Å². The van der Waals surface area contributed by atoms with E-state index in [1.807, 2.05) is 0 Å². The van der Waals surface area contributed by atoms with Crippen molar-refractivity contribution in [1.82, 2.24) is 15.2 Å². The maximum absolute atomic E-state index is 10.9. The van der Waals surface area contributed by atoms with Crippen LogP contribution in [0.15, 0.2) is 30.7 Å². The number of H-pyrrole nitrogens is 1. The van der Waals surface area contributed by atoms with Crippen LogP contribution >= 0.6 is 0 Å². The van der Waals surface area contributed by atoms with Gasteiger partial charge in [0, 0.05) is 24.2 Å². The number of carboxylic acid groups (broad SMARTS) is 1. The molecule has 0 saturated heterocycles. The van der Waals surface area contributed by atoms with E-state index in [4.69, 9.17) is 5.11 Å². The quantitative estimate of drug-likeness (QED) is 0.743. The van der Waals surface area contributed by atoms with Gasteiger partial charge in [0.25, 0.3) is 0 Å². The highest BCUT2D eigenvalue weighted by molar-refractivity contribution is 5.95. The molecule has 5 nitrogen and oxygen atoms in total. The number of carbonyl (C=O) groups is 1. The van der Waals surface area contributed by atoms with Crippen molar-refractivity contribution in [3.05, 3.63) is 36.3 Å². The topological polar surface area (TPSA) is 78.9 Å². The molecule has 0 aliphatic carbocycles. The molecule has 70 valence electrons. The van der Waals surface area contributed by atoms with Crippen LogP contribution in [-0.4, -0.2) is 26.3 Å². The molecule has 0 atom stereocenters. The largest absolute Gasteiger partial charge is 0.478 e. The number of nitrogens with one attached hydrogen (secondary N) is 1. The average molecular weight is 189 g/mol.